The lowest BCUT2D eigenvalue weighted by atomic mass is 10.1. The number of hydrogen-bond acceptors (Lipinski definition) is 8. The van der Waals surface area contributed by atoms with Gasteiger partial charge in [0, 0.05) is 0 Å². The molecule has 2 aromatic rings. The third kappa shape index (κ3) is 5.03. The van der Waals surface area contributed by atoms with Crippen LogP contribution in [0.4, 0.5) is 5.69 Å². The first kappa shape index (κ1) is 22.3. The number of hydrogen-bond donors (Lipinski definition) is 1. The monoisotopic (exact) mass is 441 g/mol. The molecule has 0 saturated carbocycles. The van der Waals surface area contributed by atoms with Crippen LogP contribution in [0.25, 0.3) is 6.08 Å². The largest absolute Gasteiger partial charge is 0.506 e. The predicted octanol–water partition coefficient (Wildman–Crippen LogP) is 4.91. The van der Waals surface area contributed by atoms with E-state index >= 15 is 0 Å². The quantitative estimate of drug-likeness (QED) is 0.611. The number of methoxy groups -OCH3 is 3. The van der Waals surface area contributed by atoms with Crippen LogP contribution in [0.2, 0.25) is 0 Å². The highest BCUT2D eigenvalue weighted by molar-refractivity contribution is 8.18. The molecular weight excluding hydrogens is 418 g/mol. The molecule has 0 bridgehead atoms. The Bertz CT molecular complexity index is 1060. The van der Waals surface area contributed by atoms with Gasteiger partial charge in [-0.25, -0.2) is 9.79 Å². The van der Waals surface area contributed by atoms with Crippen molar-refractivity contribution in [3.63, 3.8) is 0 Å². The topological polar surface area (TPSA) is 86.6 Å². The Kier molecular flexibility index (Phi) is 7.25. The molecule has 0 fully saturated rings. The lowest BCUT2D eigenvalue weighted by molar-refractivity contribution is -0.138. The minimum Gasteiger partial charge on any atom is -0.506 e. The first-order valence-electron chi connectivity index (χ1n) is 9.46. The van der Waals surface area contributed by atoms with Crippen molar-refractivity contribution in [2.45, 2.75) is 6.92 Å². The van der Waals surface area contributed by atoms with Gasteiger partial charge in [-0.15, -0.1) is 0 Å². The van der Waals surface area contributed by atoms with Crippen molar-refractivity contribution < 1.29 is 28.8 Å². The van der Waals surface area contributed by atoms with E-state index in [9.17, 15) is 9.90 Å². The van der Waals surface area contributed by atoms with E-state index in [0.29, 0.717) is 32.9 Å². The normalized spacial score (nSPS) is 16.0. The van der Waals surface area contributed by atoms with Crippen LogP contribution in [-0.2, 0) is 9.53 Å². The second-order valence-electron chi connectivity index (χ2n) is 6.28. The lowest BCUT2D eigenvalue weighted by Gasteiger charge is -2.08. The maximum absolute atomic E-state index is 12.5. The third-order valence-electron chi connectivity index (χ3n) is 4.38. The van der Waals surface area contributed by atoms with Crippen LogP contribution in [0, 0.1) is 0 Å². The molecule has 2 aromatic carbocycles. The number of aliphatic hydroxyl groups is 1. The van der Waals surface area contributed by atoms with Crippen LogP contribution >= 0.6 is 11.8 Å². The van der Waals surface area contributed by atoms with E-state index in [1.807, 2.05) is 6.07 Å². The Hall–Kier alpha value is -3.39. The number of benzene rings is 2. The Morgan fingerprint density at radius 1 is 1.03 bits per heavy atom. The molecule has 1 aliphatic rings. The summed E-state index contributed by atoms with van der Waals surface area (Å²) in [4.78, 5) is 17.5. The van der Waals surface area contributed by atoms with Crippen molar-refractivity contribution in [3.05, 3.63) is 64.3 Å². The van der Waals surface area contributed by atoms with Gasteiger partial charge >= 0.3 is 5.97 Å². The van der Waals surface area contributed by atoms with Crippen molar-refractivity contribution in [1.82, 2.24) is 0 Å². The Morgan fingerprint density at radius 3 is 2.35 bits per heavy atom. The highest BCUT2D eigenvalue weighted by Crippen LogP contribution is 2.41. The minimum absolute atomic E-state index is 0.0365. The molecular formula is C23H23NO6S. The molecule has 0 radical (unpaired) electrons. The van der Waals surface area contributed by atoms with Crippen molar-refractivity contribution in [2.24, 2.45) is 4.99 Å². The maximum atomic E-state index is 12.5. The summed E-state index contributed by atoms with van der Waals surface area (Å²) in [5.74, 6) is 1.04. The molecule has 0 atom stereocenters. The summed E-state index contributed by atoms with van der Waals surface area (Å²) in [6.45, 7) is 1.89. The zero-order valence-corrected chi connectivity index (χ0v) is 18.5. The molecule has 1 N–H and O–H groups in total. The van der Waals surface area contributed by atoms with Crippen LogP contribution < -0.4 is 14.2 Å². The molecule has 0 amide bonds. The van der Waals surface area contributed by atoms with Crippen LogP contribution in [0.5, 0.6) is 17.2 Å². The van der Waals surface area contributed by atoms with Gasteiger partial charge in [0.2, 0.25) is 0 Å². The lowest BCUT2D eigenvalue weighted by Crippen LogP contribution is -2.12. The molecule has 3 rings (SSSR count). The molecule has 7 nitrogen and oxygen atoms in total. The molecule has 0 aliphatic carbocycles. The zero-order valence-electron chi connectivity index (χ0n) is 17.7. The molecule has 1 heterocycles. The van der Waals surface area contributed by atoms with Crippen LogP contribution in [0.1, 0.15) is 12.5 Å². The van der Waals surface area contributed by atoms with E-state index in [4.69, 9.17) is 18.9 Å². The fourth-order valence-electron chi connectivity index (χ4n) is 2.86. The van der Waals surface area contributed by atoms with E-state index in [2.05, 4.69) is 4.99 Å². The third-order valence-corrected chi connectivity index (χ3v) is 5.40. The number of esters is 1. The van der Waals surface area contributed by atoms with Crippen LogP contribution in [0.3, 0.4) is 0 Å². The highest BCUT2D eigenvalue weighted by Gasteiger charge is 2.33. The van der Waals surface area contributed by atoms with E-state index < -0.39 is 5.97 Å². The summed E-state index contributed by atoms with van der Waals surface area (Å²) in [7, 11) is 4.69. The molecule has 1 aliphatic heterocycles. The van der Waals surface area contributed by atoms with Gasteiger partial charge in [0.1, 0.15) is 22.1 Å². The average molecular weight is 442 g/mol. The highest BCUT2D eigenvalue weighted by atomic mass is 32.2. The SMILES string of the molecule is CCOC(=O)C1=C(O)/C(=C/c2ccc(OC)c(OC)c2)SC1=Nc1ccc(OC)cc1. The molecule has 162 valence electrons. The molecule has 31 heavy (non-hydrogen) atoms. The van der Waals surface area contributed by atoms with Crippen molar-refractivity contribution in [1.29, 1.82) is 0 Å². The van der Waals surface area contributed by atoms with Crippen molar-refractivity contribution in [3.8, 4) is 17.2 Å². The van der Waals surface area contributed by atoms with E-state index in [-0.39, 0.29) is 17.9 Å². The van der Waals surface area contributed by atoms with Gasteiger partial charge in [0.15, 0.2) is 11.5 Å². The number of thioether (sulfide) groups is 1. The Morgan fingerprint density at radius 2 is 1.74 bits per heavy atom. The predicted molar refractivity (Wildman–Crippen MR) is 121 cm³/mol. The Labute approximate surface area is 185 Å². The first-order valence-corrected chi connectivity index (χ1v) is 10.3. The number of carbonyl (C=O) groups excluding carboxylic acids is 1. The number of aliphatic imine (C=N–C) groups is 1. The zero-order chi connectivity index (χ0) is 22.4. The second-order valence-corrected chi connectivity index (χ2v) is 7.31. The average Bonchev–Trinajstić information content (AvgIpc) is 3.08. The maximum Gasteiger partial charge on any atom is 0.344 e. The summed E-state index contributed by atoms with van der Waals surface area (Å²) in [5.41, 5.74) is 1.42. The van der Waals surface area contributed by atoms with Gasteiger partial charge in [-0.3, -0.25) is 0 Å². The van der Waals surface area contributed by atoms with Crippen molar-refractivity contribution >= 4 is 34.5 Å². The van der Waals surface area contributed by atoms with Gasteiger partial charge < -0.3 is 24.1 Å². The fourth-order valence-corrected chi connectivity index (χ4v) is 3.89. The smallest absolute Gasteiger partial charge is 0.344 e. The summed E-state index contributed by atoms with van der Waals surface area (Å²) in [6, 6.07) is 12.4. The summed E-state index contributed by atoms with van der Waals surface area (Å²) >= 11 is 1.19. The van der Waals surface area contributed by atoms with Gasteiger partial charge in [-0.2, -0.15) is 0 Å². The number of nitrogens with zero attached hydrogens (tertiary/aromatic N) is 1. The minimum atomic E-state index is -0.629. The van der Waals surface area contributed by atoms with Gasteiger partial charge in [-0.1, -0.05) is 17.8 Å². The number of rotatable bonds is 7. The second kappa shape index (κ2) is 10.1. The first-order chi connectivity index (χ1) is 15.0. The van der Waals surface area contributed by atoms with Gasteiger partial charge in [0.25, 0.3) is 0 Å². The molecule has 8 heteroatoms. The van der Waals surface area contributed by atoms with E-state index in [0.717, 1.165) is 5.56 Å². The van der Waals surface area contributed by atoms with Crippen LogP contribution in [0.15, 0.2) is 63.7 Å². The standard InChI is InChI=1S/C23H23NO6S/c1-5-30-23(26)20-21(25)19(13-14-6-11-17(28-3)18(12-14)29-4)31-22(20)24-15-7-9-16(27-2)10-8-15/h6-13,25H,5H2,1-4H3/b19-13-,24-22?. The summed E-state index contributed by atoms with van der Waals surface area (Å²) in [5, 5.41) is 11.2. The summed E-state index contributed by atoms with van der Waals surface area (Å²) in [6.07, 6.45) is 1.75. The van der Waals surface area contributed by atoms with Crippen LogP contribution in [-0.4, -0.2) is 44.1 Å². The molecule has 0 unspecified atom stereocenters. The van der Waals surface area contributed by atoms with Crippen molar-refractivity contribution in [2.75, 3.05) is 27.9 Å². The summed E-state index contributed by atoms with van der Waals surface area (Å²) < 4.78 is 20.9. The number of ether oxygens (including phenoxy) is 4. The van der Waals surface area contributed by atoms with E-state index in [1.165, 1.54) is 11.8 Å². The molecule has 0 saturated heterocycles. The number of carbonyl (C=O) groups is 1. The van der Waals surface area contributed by atoms with E-state index in [1.54, 1.807) is 70.7 Å². The Balaban J connectivity index is 2.02. The molecule has 0 spiro atoms. The number of aliphatic hydroxyl groups excluding tert-OH is 1. The molecule has 0 aromatic heterocycles. The van der Waals surface area contributed by atoms with Gasteiger partial charge in [-0.05, 0) is 55.0 Å². The van der Waals surface area contributed by atoms with Gasteiger partial charge in [0.05, 0.1) is 38.5 Å². The fraction of sp³-hybridized carbons (Fsp3) is 0.217.